The molecule has 0 nitrogen and oxygen atoms in total. The molecule has 0 amide bonds. The van der Waals surface area contributed by atoms with Gasteiger partial charge in [-0.1, -0.05) is 95.1 Å². The normalized spacial score (nSPS) is 13.4. The Bertz CT molecular complexity index is 1550. The van der Waals surface area contributed by atoms with Crippen molar-refractivity contribution in [2.45, 2.75) is 25.7 Å². The molecule has 0 aliphatic heterocycles. The predicted octanol–water partition coefficient (Wildman–Crippen LogP) is 2.74. The van der Waals surface area contributed by atoms with E-state index in [0.29, 0.717) is 0 Å². The molecular weight excluding hydrogens is 710 g/mol. The third kappa shape index (κ3) is 7.34. The molecule has 8 rings (SSSR count). The largest absolute Gasteiger partial charge is 1.00 e. The summed E-state index contributed by atoms with van der Waals surface area (Å²) in [5, 5.41) is 0. The summed E-state index contributed by atoms with van der Waals surface area (Å²) in [6, 6.07) is 33.5. The molecule has 0 saturated heterocycles. The van der Waals surface area contributed by atoms with Crippen LogP contribution in [0, 0.1) is 12.1 Å². The average Bonchev–Trinajstić information content (AvgIpc) is 3.85. The second-order valence-electron chi connectivity index (χ2n) is 9.84. The van der Waals surface area contributed by atoms with Crippen molar-refractivity contribution < 1.29 is 73.3 Å². The smallest absolute Gasteiger partial charge is 0.0195 e. The first-order valence-corrected chi connectivity index (χ1v) is 17.0. The Morgan fingerprint density at radius 1 is 0.500 bits per heavy atom. The molecule has 4 aliphatic rings. The number of hydrogen-bond donors (Lipinski definition) is 0. The van der Waals surface area contributed by atoms with E-state index in [9.17, 15) is 0 Å². The standard InChI is InChI=1S/2C18H13.2CH2.2ClH.2Zr/c2*1-2-6-13(5-1)14-9-10-18-16(11-14)12-15-7-3-4-8-17(15)18;;;;;;/h2*1-5,7-10H,6,12H2;2*1H2;2*1H;;/q2*-1;;;;;;/p-2. The minimum Gasteiger partial charge on any atom is -1.00 e. The van der Waals surface area contributed by atoms with E-state index in [0.717, 1.165) is 25.7 Å². The summed E-state index contributed by atoms with van der Waals surface area (Å²) in [5.74, 6) is 0. The second kappa shape index (κ2) is 16.7. The van der Waals surface area contributed by atoms with E-state index in [1.807, 2.05) is 0 Å². The number of hydrogen-bond acceptors (Lipinski definition) is 0. The van der Waals surface area contributed by atoms with E-state index in [2.05, 4.69) is 130 Å². The van der Waals surface area contributed by atoms with Gasteiger partial charge in [0.05, 0.1) is 0 Å². The summed E-state index contributed by atoms with van der Waals surface area (Å²) < 4.78 is 6.68. The van der Waals surface area contributed by atoms with Gasteiger partial charge in [-0.2, -0.15) is 0 Å². The SMILES string of the molecule is [CH2]=[Zr].[CH2]=[Zr].[Cl-].[Cl-].[c-]1c(C2=CC=CC2)ccc2c1Cc1ccccc1-2.[c-]1c(C2=CC=CC2)ccc2c1Cc1ccccc1-2. The molecule has 0 spiro atoms. The van der Waals surface area contributed by atoms with Crippen molar-refractivity contribution >= 4 is 19.6 Å². The molecule has 4 heteroatoms. The van der Waals surface area contributed by atoms with Gasteiger partial charge < -0.3 is 24.8 Å². The van der Waals surface area contributed by atoms with Gasteiger partial charge in [0.15, 0.2) is 0 Å². The topological polar surface area (TPSA) is 0 Å². The Morgan fingerprint density at radius 2 is 0.905 bits per heavy atom. The van der Waals surface area contributed by atoms with Gasteiger partial charge in [-0.3, -0.25) is 0 Å². The van der Waals surface area contributed by atoms with Gasteiger partial charge in [-0.25, -0.2) is 0 Å². The van der Waals surface area contributed by atoms with Crippen molar-refractivity contribution in [3.05, 3.63) is 155 Å². The molecule has 0 N–H and O–H groups in total. The first kappa shape index (κ1) is 34.4. The van der Waals surface area contributed by atoms with Crippen LogP contribution < -0.4 is 24.8 Å². The van der Waals surface area contributed by atoms with Crippen molar-refractivity contribution in [1.82, 2.24) is 0 Å². The van der Waals surface area contributed by atoms with Crippen LogP contribution in [0.2, 0.25) is 0 Å². The average molecular weight is 740 g/mol. The van der Waals surface area contributed by atoms with Crippen molar-refractivity contribution in [3.63, 3.8) is 0 Å². The van der Waals surface area contributed by atoms with Crippen molar-refractivity contribution in [3.8, 4) is 22.3 Å². The number of allylic oxidation sites excluding steroid dienone is 8. The zero-order chi connectivity index (χ0) is 27.9. The quantitative estimate of drug-likeness (QED) is 0.240. The second-order valence-corrected chi connectivity index (χ2v) is 9.84. The maximum absolute atomic E-state index is 3.61. The van der Waals surface area contributed by atoms with Gasteiger partial charge in [0.2, 0.25) is 0 Å². The molecule has 0 radical (unpaired) electrons. The molecule has 4 aromatic carbocycles. The van der Waals surface area contributed by atoms with Crippen LogP contribution in [0.3, 0.4) is 0 Å². The van der Waals surface area contributed by atoms with Crippen LogP contribution >= 0.6 is 0 Å². The van der Waals surface area contributed by atoms with E-state index >= 15 is 0 Å². The number of halogens is 2. The summed E-state index contributed by atoms with van der Waals surface area (Å²) in [5.41, 5.74) is 16.3. The molecule has 4 aliphatic carbocycles. The maximum Gasteiger partial charge on any atom is -0.0195 e. The van der Waals surface area contributed by atoms with Gasteiger partial charge >= 0.3 is 56.9 Å². The molecule has 208 valence electrons. The Hall–Kier alpha value is -2.07. The third-order valence-electron chi connectivity index (χ3n) is 7.64. The molecule has 0 saturated carbocycles. The van der Waals surface area contributed by atoms with Crippen molar-refractivity contribution in [2.75, 3.05) is 0 Å². The molecular formula is C38H30Cl2Zr2-4. The van der Waals surface area contributed by atoms with Crippen LogP contribution in [-0.2, 0) is 61.3 Å². The van der Waals surface area contributed by atoms with Gasteiger partial charge in [-0.15, -0.1) is 82.0 Å². The van der Waals surface area contributed by atoms with Crippen LogP contribution in [0.15, 0.2) is 109 Å². The van der Waals surface area contributed by atoms with Gasteiger partial charge in [-0.05, 0) is 36.8 Å². The van der Waals surface area contributed by atoms with E-state index in [1.165, 1.54) is 115 Å². The predicted molar refractivity (Wildman–Crippen MR) is 165 cm³/mol. The van der Waals surface area contributed by atoms with Crippen LogP contribution in [0.5, 0.6) is 0 Å². The van der Waals surface area contributed by atoms with Crippen molar-refractivity contribution in [1.29, 1.82) is 0 Å². The van der Waals surface area contributed by atoms with Crippen LogP contribution in [0.4, 0.5) is 0 Å². The molecule has 0 unspecified atom stereocenters. The minimum absolute atomic E-state index is 0. The maximum atomic E-state index is 3.61. The first-order chi connectivity index (χ1) is 19.8. The number of benzene rings is 4. The Labute approximate surface area is 292 Å². The number of fused-ring (bicyclic) bond motifs is 6. The molecule has 0 aromatic heterocycles. The first-order valence-electron chi connectivity index (χ1n) is 13.5. The van der Waals surface area contributed by atoms with Crippen LogP contribution in [0.25, 0.3) is 33.4 Å². The van der Waals surface area contributed by atoms with E-state index < -0.39 is 0 Å². The van der Waals surface area contributed by atoms with Crippen molar-refractivity contribution in [2.24, 2.45) is 0 Å². The van der Waals surface area contributed by atoms with E-state index in [4.69, 9.17) is 0 Å². The van der Waals surface area contributed by atoms with E-state index in [1.54, 1.807) is 0 Å². The van der Waals surface area contributed by atoms with E-state index in [-0.39, 0.29) is 24.8 Å². The molecule has 42 heavy (non-hydrogen) atoms. The summed E-state index contributed by atoms with van der Waals surface area (Å²) in [6.45, 7) is 0. The van der Waals surface area contributed by atoms with Crippen LogP contribution in [-0.4, -0.2) is 8.42 Å². The fourth-order valence-corrected chi connectivity index (χ4v) is 5.79. The minimum atomic E-state index is 0. The third-order valence-corrected chi connectivity index (χ3v) is 7.64. The summed E-state index contributed by atoms with van der Waals surface area (Å²) in [6.07, 6.45) is 17.2. The van der Waals surface area contributed by atoms with Gasteiger partial charge in [0, 0.05) is 0 Å². The van der Waals surface area contributed by atoms with Crippen LogP contribution in [0.1, 0.15) is 46.2 Å². The molecule has 0 heterocycles. The Morgan fingerprint density at radius 3 is 1.29 bits per heavy atom. The molecule has 0 bridgehead atoms. The fourth-order valence-electron chi connectivity index (χ4n) is 5.79. The summed E-state index contributed by atoms with van der Waals surface area (Å²) >= 11 is 2.60. The monoisotopic (exact) mass is 736 g/mol. The zero-order valence-corrected chi connectivity index (χ0v) is 29.8. The number of rotatable bonds is 2. The fraction of sp³-hybridized carbons (Fsp3) is 0.105. The Balaban J connectivity index is 0.000000198. The van der Waals surface area contributed by atoms with Gasteiger partial charge in [0.1, 0.15) is 0 Å². The summed E-state index contributed by atoms with van der Waals surface area (Å²) in [7, 11) is 0. The Kier molecular flexibility index (Phi) is 13.7. The molecule has 0 fully saturated rings. The van der Waals surface area contributed by atoms with Gasteiger partial charge in [0.25, 0.3) is 0 Å². The zero-order valence-electron chi connectivity index (χ0n) is 23.4. The molecule has 4 aromatic rings. The summed E-state index contributed by atoms with van der Waals surface area (Å²) in [4.78, 5) is 0. The molecule has 0 atom stereocenters.